The van der Waals surface area contributed by atoms with Crippen LogP contribution in [0.25, 0.3) is 0 Å². The van der Waals surface area contributed by atoms with E-state index in [0.29, 0.717) is 12.0 Å². The van der Waals surface area contributed by atoms with Gasteiger partial charge in [0.05, 0.1) is 0 Å². The summed E-state index contributed by atoms with van der Waals surface area (Å²) >= 11 is 0. The van der Waals surface area contributed by atoms with Gasteiger partial charge in [0, 0.05) is 42.5 Å². The van der Waals surface area contributed by atoms with Gasteiger partial charge in [-0.1, -0.05) is 6.42 Å². The lowest BCUT2D eigenvalue weighted by atomic mass is 9.88. The molecule has 5 rings (SSSR count). The highest BCUT2D eigenvalue weighted by atomic mass is 19.4. The van der Waals surface area contributed by atoms with E-state index in [2.05, 4.69) is 46.3 Å². The van der Waals surface area contributed by atoms with Gasteiger partial charge in [0.25, 0.3) is 0 Å². The molecule has 1 aromatic carbocycles. The number of hydrogen-bond donors (Lipinski definition) is 2. The van der Waals surface area contributed by atoms with E-state index in [1.54, 1.807) is 0 Å². The Morgan fingerprint density at radius 2 is 1.74 bits per heavy atom. The highest BCUT2D eigenvalue weighted by Crippen LogP contribution is 2.48. The van der Waals surface area contributed by atoms with Crippen molar-refractivity contribution in [3.05, 3.63) is 24.3 Å². The number of carbonyl (C=O) groups excluding carboxylic acids is 1. The molecule has 0 aromatic heterocycles. The van der Waals surface area contributed by atoms with Crippen LogP contribution in [-0.4, -0.2) is 59.8 Å². The Balaban J connectivity index is 0.000000344. The summed E-state index contributed by atoms with van der Waals surface area (Å²) in [5.41, 5.74) is 2.25. The molecule has 2 bridgehead atoms. The van der Waals surface area contributed by atoms with Crippen LogP contribution in [0, 0.1) is 17.8 Å². The molecule has 0 radical (unpaired) electrons. The van der Waals surface area contributed by atoms with Crippen LogP contribution in [0.1, 0.15) is 51.9 Å². The van der Waals surface area contributed by atoms with Crippen molar-refractivity contribution in [2.24, 2.45) is 17.8 Å². The molecule has 1 amide bonds. The summed E-state index contributed by atoms with van der Waals surface area (Å²) in [5.74, 6) is -0.796. The smallest absolute Gasteiger partial charge is 0.475 e. The Morgan fingerprint density at radius 1 is 1.03 bits per heavy atom. The van der Waals surface area contributed by atoms with E-state index in [1.165, 1.54) is 50.8 Å². The largest absolute Gasteiger partial charge is 0.490 e. The fourth-order valence-corrected chi connectivity index (χ4v) is 6.30. The molecule has 2 saturated heterocycles. The van der Waals surface area contributed by atoms with Crippen LogP contribution < -0.4 is 10.2 Å². The summed E-state index contributed by atoms with van der Waals surface area (Å²) in [4.78, 5) is 26.8. The molecule has 2 N–H and O–H groups in total. The number of carboxylic acids is 1. The summed E-state index contributed by atoms with van der Waals surface area (Å²) in [6.45, 7) is 5.93. The zero-order chi connectivity index (χ0) is 24.5. The van der Waals surface area contributed by atoms with E-state index in [0.717, 1.165) is 37.2 Å². The summed E-state index contributed by atoms with van der Waals surface area (Å²) in [6.07, 6.45) is 3.89. The maximum Gasteiger partial charge on any atom is 0.490 e. The van der Waals surface area contributed by atoms with Crippen LogP contribution in [0.5, 0.6) is 0 Å². The van der Waals surface area contributed by atoms with Crippen molar-refractivity contribution in [1.29, 1.82) is 0 Å². The number of benzene rings is 1. The number of likely N-dealkylation sites (tertiary alicyclic amines) is 1. The lowest BCUT2D eigenvalue weighted by Gasteiger charge is -2.28. The number of rotatable bonds is 4. The zero-order valence-electron chi connectivity index (χ0n) is 19.6. The van der Waals surface area contributed by atoms with Gasteiger partial charge in [-0.3, -0.25) is 9.69 Å². The fraction of sp³-hybridized carbons (Fsp3) is 0.680. The number of fused-ring (bicyclic) bond motifs is 2. The van der Waals surface area contributed by atoms with Gasteiger partial charge in [-0.15, -0.1) is 0 Å². The van der Waals surface area contributed by atoms with Crippen molar-refractivity contribution in [1.82, 2.24) is 4.90 Å². The van der Waals surface area contributed by atoms with Gasteiger partial charge in [0.2, 0.25) is 5.91 Å². The van der Waals surface area contributed by atoms with Crippen molar-refractivity contribution >= 4 is 23.3 Å². The molecular formula is C25H34F3N3O3. The third kappa shape index (κ3) is 5.67. The molecule has 4 fully saturated rings. The molecule has 6 nitrogen and oxygen atoms in total. The van der Waals surface area contributed by atoms with Gasteiger partial charge < -0.3 is 15.3 Å². The van der Waals surface area contributed by atoms with Crippen LogP contribution in [0.15, 0.2) is 24.3 Å². The van der Waals surface area contributed by atoms with Crippen molar-refractivity contribution in [3.63, 3.8) is 0 Å². The molecular weight excluding hydrogens is 447 g/mol. The van der Waals surface area contributed by atoms with Gasteiger partial charge in [-0.05, 0) is 88.1 Å². The number of nitrogens with zero attached hydrogens (tertiary/aromatic N) is 2. The number of aliphatic carboxylic acids is 1. The molecule has 5 atom stereocenters. The first-order valence-corrected chi connectivity index (χ1v) is 12.3. The maximum absolute atomic E-state index is 12.6. The minimum absolute atomic E-state index is 0.249. The Bertz CT molecular complexity index is 876. The SMILES string of the molecule is CC1CCCN1C1CCN(c2ccc(NC(=O)C3C[C@@H]4CC[C@H]3C4)cc2)C1.O=C(O)C(F)(F)F. The Morgan fingerprint density at radius 3 is 2.26 bits per heavy atom. The lowest BCUT2D eigenvalue weighted by Crippen LogP contribution is -2.39. The summed E-state index contributed by atoms with van der Waals surface area (Å²) in [6, 6.07) is 10.0. The predicted molar refractivity (Wildman–Crippen MR) is 124 cm³/mol. The van der Waals surface area contributed by atoms with Crippen molar-refractivity contribution in [2.45, 2.75) is 70.1 Å². The minimum Gasteiger partial charge on any atom is -0.475 e. The quantitative estimate of drug-likeness (QED) is 0.649. The third-order valence-electron chi connectivity index (χ3n) is 8.05. The van der Waals surface area contributed by atoms with Crippen LogP contribution in [0.4, 0.5) is 24.5 Å². The molecule has 9 heteroatoms. The summed E-state index contributed by atoms with van der Waals surface area (Å²) in [5, 5.41) is 10.3. The van der Waals surface area contributed by atoms with E-state index in [9.17, 15) is 18.0 Å². The number of halogens is 3. The van der Waals surface area contributed by atoms with Crippen molar-refractivity contribution in [3.8, 4) is 0 Å². The van der Waals surface area contributed by atoms with Gasteiger partial charge in [-0.25, -0.2) is 4.79 Å². The summed E-state index contributed by atoms with van der Waals surface area (Å²) < 4.78 is 31.7. The van der Waals surface area contributed by atoms with E-state index >= 15 is 0 Å². The number of anilines is 2. The number of amides is 1. The van der Waals surface area contributed by atoms with Crippen LogP contribution in [-0.2, 0) is 9.59 Å². The van der Waals surface area contributed by atoms with E-state index < -0.39 is 12.1 Å². The number of carbonyl (C=O) groups is 2. The fourth-order valence-electron chi connectivity index (χ4n) is 6.30. The van der Waals surface area contributed by atoms with Gasteiger partial charge in [0.15, 0.2) is 0 Å². The Kier molecular flexibility index (Phi) is 7.40. The molecule has 2 saturated carbocycles. The number of hydrogen-bond acceptors (Lipinski definition) is 4. The molecule has 2 aliphatic heterocycles. The van der Waals surface area contributed by atoms with Gasteiger partial charge >= 0.3 is 12.1 Å². The maximum atomic E-state index is 12.6. The second-order valence-corrected chi connectivity index (χ2v) is 10.2. The van der Waals surface area contributed by atoms with Crippen molar-refractivity contribution < 1.29 is 27.9 Å². The van der Waals surface area contributed by atoms with Gasteiger partial charge in [0.1, 0.15) is 0 Å². The second-order valence-electron chi connectivity index (χ2n) is 10.2. The van der Waals surface area contributed by atoms with Gasteiger partial charge in [-0.2, -0.15) is 13.2 Å². The van der Waals surface area contributed by atoms with E-state index in [4.69, 9.17) is 9.90 Å². The first kappa shape index (κ1) is 24.8. The second kappa shape index (κ2) is 10.1. The average Bonchev–Trinajstić information content (AvgIpc) is 3.58. The lowest BCUT2D eigenvalue weighted by molar-refractivity contribution is -0.192. The third-order valence-corrected chi connectivity index (χ3v) is 8.05. The first-order valence-electron chi connectivity index (χ1n) is 12.3. The highest BCUT2D eigenvalue weighted by Gasteiger charge is 2.43. The molecule has 3 unspecified atom stereocenters. The molecule has 34 heavy (non-hydrogen) atoms. The minimum atomic E-state index is -5.08. The van der Waals surface area contributed by atoms with Crippen LogP contribution in [0.2, 0.25) is 0 Å². The van der Waals surface area contributed by atoms with Crippen molar-refractivity contribution in [2.75, 3.05) is 29.9 Å². The number of nitrogens with one attached hydrogen (secondary N) is 1. The Labute approximate surface area is 198 Å². The van der Waals surface area contributed by atoms with E-state index in [1.807, 2.05) is 0 Å². The number of alkyl halides is 3. The molecule has 1 aromatic rings. The van der Waals surface area contributed by atoms with E-state index in [-0.39, 0.29) is 11.8 Å². The average molecular weight is 482 g/mol. The molecule has 4 aliphatic rings. The topological polar surface area (TPSA) is 72.9 Å². The molecule has 2 aliphatic carbocycles. The monoisotopic (exact) mass is 481 g/mol. The standard InChI is InChI=1S/C23H33N3O.C2HF3O2/c1-16-3-2-11-26(16)21-10-12-25(15-21)20-8-6-19(7-9-20)24-23(27)22-14-17-4-5-18(22)13-17;3-2(4,5)1(6)7/h6-9,16-18,21-22H,2-5,10-15H2,1H3,(H,24,27);(H,6,7)/t16?,17-,18+,21?,22?;/m1./s1. The zero-order valence-corrected chi connectivity index (χ0v) is 19.6. The normalized spacial score (nSPS) is 30.8. The summed E-state index contributed by atoms with van der Waals surface area (Å²) in [7, 11) is 0. The van der Waals surface area contributed by atoms with Crippen LogP contribution >= 0.6 is 0 Å². The number of carboxylic acid groups (broad SMARTS) is 1. The molecule has 2 heterocycles. The molecule has 0 spiro atoms. The Hall–Kier alpha value is -2.29. The first-order chi connectivity index (χ1) is 16.1. The predicted octanol–water partition coefficient (Wildman–Crippen LogP) is 4.76. The highest BCUT2D eigenvalue weighted by molar-refractivity contribution is 5.93. The van der Waals surface area contributed by atoms with Crippen LogP contribution in [0.3, 0.4) is 0 Å². The molecule has 188 valence electrons.